The molecule has 1 aromatic rings. The van der Waals surface area contributed by atoms with Crippen molar-refractivity contribution in [3.63, 3.8) is 0 Å². The van der Waals surface area contributed by atoms with Crippen LogP contribution in [0.1, 0.15) is 39.2 Å². The molecule has 2 atom stereocenters. The average Bonchev–Trinajstić information content (AvgIpc) is 2.33. The minimum absolute atomic E-state index is 0.260. The molecule has 0 aliphatic carbocycles. The van der Waals surface area contributed by atoms with Crippen LogP contribution in [0.2, 0.25) is 0 Å². The predicted octanol–water partition coefficient (Wildman–Crippen LogP) is 4.02. The van der Waals surface area contributed by atoms with Crippen LogP contribution in [0.4, 0.5) is 13.2 Å². The van der Waals surface area contributed by atoms with Crippen molar-refractivity contribution in [2.75, 3.05) is 0 Å². The Morgan fingerprint density at radius 1 is 1.11 bits per heavy atom. The van der Waals surface area contributed by atoms with Crippen LogP contribution in [-0.2, 0) is 6.54 Å². The van der Waals surface area contributed by atoms with Gasteiger partial charge < -0.3 is 5.32 Å². The van der Waals surface area contributed by atoms with Gasteiger partial charge in [-0.25, -0.2) is 13.2 Å². The number of benzene rings is 1. The van der Waals surface area contributed by atoms with Crippen LogP contribution in [0.25, 0.3) is 0 Å². The van der Waals surface area contributed by atoms with E-state index in [0.717, 1.165) is 25.0 Å². The maximum atomic E-state index is 13.0. The summed E-state index contributed by atoms with van der Waals surface area (Å²) in [5.41, 5.74) is 0.419. The summed E-state index contributed by atoms with van der Waals surface area (Å²) in [6.07, 6.45) is 2.11. The maximum absolute atomic E-state index is 13.0. The molecule has 2 unspecified atom stereocenters. The summed E-state index contributed by atoms with van der Waals surface area (Å²) in [4.78, 5) is 0. The highest BCUT2D eigenvalue weighted by molar-refractivity contribution is 5.19. The number of halogens is 3. The number of rotatable bonds is 6. The molecule has 0 amide bonds. The van der Waals surface area contributed by atoms with Crippen molar-refractivity contribution in [2.45, 2.75) is 46.2 Å². The number of nitrogens with one attached hydrogen (secondary N) is 1. The van der Waals surface area contributed by atoms with Crippen molar-refractivity contribution in [3.8, 4) is 0 Å². The third-order valence-corrected chi connectivity index (χ3v) is 3.15. The molecule has 102 valence electrons. The first kappa shape index (κ1) is 15.0. The second-order valence-electron chi connectivity index (χ2n) is 4.90. The van der Waals surface area contributed by atoms with Crippen LogP contribution in [0.15, 0.2) is 12.1 Å². The van der Waals surface area contributed by atoms with Gasteiger partial charge in [-0.2, -0.15) is 0 Å². The normalized spacial score (nSPS) is 14.6. The quantitative estimate of drug-likeness (QED) is 0.761. The van der Waals surface area contributed by atoms with E-state index >= 15 is 0 Å². The van der Waals surface area contributed by atoms with Crippen LogP contribution in [0, 0.1) is 23.4 Å². The highest BCUT2D eigenvalue weighted by Crippen LogP contribution is 2.14. The molecule has 0 saturated carbocycles. The van der Waals surface area contributed by atoms with Gasteiger partial charge in [0.2, 0.25) is 0 Å². The van der Waals surface area contributed by atoms with Crippen LogP contribution in [-0.4, -0.2) is 6.04 Å². The molecule has 0 fully saturated rings. The minimum Gasteiger partial charge on any atom is -0.310 e. The van der Waals surface area contributed by atoms with E-state index in [0.29, 0.717) is 18.0 Å². The monoisotopic (exact) mass is 259 g/mol. The van der Waals surface area contributed by atoms with E-state index in [1.54, 1.807) is 0 Å². The molecule has 1 N–H and O–H groups in total. The average molecular weight is 259 g/mol. The fourth-order valence-electron chi connectivity index (χ4n) is 1.86. The van der Waals surface area contributed by atoms with Gasteiger partial charge in [0.1, 0.15) is 0 Å². The van der Waals surface area contributed by atoms with Crippen molar-refractivity contribution in [1.29, 1.82) is 0 Å². The molecule has 1 nitrogen and oxygen atoms in total. The first-order valence-corrected chi connectivity index (χ1v) is 6.30. The zero-order chi connectivity index (χ0) is 13.7. The first-order chi connectivity index (χ1) is 8.43. The summed E-state index contributed by atoms with van der Waals surface area (Å²) in [5, 5.41) is 3.18. The van der Waals surface area contributed by atoms with E-state index in [1.807, 2.05) is 6.92 Å². The van der Waals surface area contributed by atoms with Gasteiger partial charge >= 0.3 is 0 Å². The SMILES string of the molecule is CCC(C)CC(C)NCc1cc(F)c(F)c(F)c1. The van der Waals surface area contributed by atoms with Crippen LogP contribution < -0.4 is 5.32 Å². The number of hydrogen-bond acceptors (Lipinski definition) is 1. The molecule has 0 bridgehead atoms. The molecule has 4 heteroatoms. The Hall–Kier alpha value is -1.03. The van der Waals surface area contributed by atoms with E-state index in [2.05, 4.69) is 19.2 Å². The van der Waals surface area contributed by atoms with E-state index in [-0.39, 0.29) is 6.04 Å². The van der Waals surface area contributed by atoms with E-state index in [4.69, 9.17) is 0 Å². The van der Waals surface area contributed by atoms with E-state index in [1.165, 1.54) is 0 Å². The highest BCUT2D eigenvalue weighted by atomic mass is 19.2. The molecular weight excluding hydrogens is 239 g/mol. The fourth-order valence-corrected chi connectivity index (χ4v) is 1.86. The van der Waals surface area contributed by atoms with Crippen molar-refractivity contribution < 1.29 is 13.2 Å². The van der Waals surface area contributed by atoms with Crippen molar-refractivity contribution >= 4 is 0 Å². The third-order valence-electron chi connectivity index (χ3n) is 3.15. The van der Waals surface area contributed by atoms with Gasteiger partial charge in [-0.1, -0.05) is 20.3 Å². The smallest absolute Gasteiger partial charge is 0.194 e. The Kier molecular flexibility index (Phi) is 5.66. The van der Waals surface area contributed by atoms with Crippen molar-refractivity contribution in [1.82, 2.24) is 5.32 Å². The van der Waals surface area contributed by atoms with Crippen LogP contribution >= 0.6 is 0 Å². The second kappa shape index (κ2) is 6.78. The summed E-state index contributed by atoms with van der Waals surface area (Å²) in [7, 11) is 0. The van der Waals surface area contributed by atoms with Crippen molar-refractivity contribution in [3.05, 3.63) is 35.1 Å². The largest absolute Gasteiger partial charge is 0.310 e. The van der Waals surface area contributed by atoms with Gasteiger partial charge in [-0.3, -0.25) is 0 Å². The summed E-state index contributed by atoms with van der Waals surface area (Å²) < 4.78 is 38.7. The van der Waals surface area contributed by atoms with E-state index < -0.39 is 17.5 Å². The molecule has 18 heavy (non-hydrogen) atoms. The predicted molar refractivity (Wildman–Crippen MR) is 66.7 cm³/mol. The van der Waals surface area contributed by atoms with Crippen LogP contribution in [0.3, 0.4) is 0 Å². The Morgan fingerprint density at radius 3 is 2.17 bits per heavy atom. The van der Waals surface area contributed by atoms with Crippen LogP contribution in [0.5, 0.6) is 0 Å². The molecule has 0 aliphatic heterocycles. The Labute approximate surface area is 106 Å². The second-order valence-corrected chi connectivity index (χ2v) is 4.90. The zero-order valence-electron chi connectivity index (χ0n) is 11.1. The lowest BCUT2D eigenvalue weighted by Gasteiger charge is -2.17. The minimum atomic E-state index is -1.41. The Balaban J connectivity index is 2.53. The number of hydrogen-bond donors (Lipinski definition) is 1. The zero-order valence-corrected chi connectivity index (χ0v) is 11.1. The Bertz CT molecular complexity index is 370. The maximum Gasteiger partial charge on any atom is 0.194 e. The lowest BCUT2D eigenvalue weighted by atomic mass is 10.0. The van der Waals surface area contributed by atoms with Gasteiger partial charge in [0.05, 0.1) is 0 Å². The topological polar surface area (TPSA) is 12.0 Å². The lowest BCUT2D eigenvalue weighted by molar-refractivity contribution is 0.409. The lowest BCUT2D eigenvalue weighted by Crippen LogP contribution is -2.27. The molecule has 0 aliphatic rings. The molecular formula is C14H20F3N. The third kappa shape index (κ3) is 4.33. The molecule has 0 radical (unpaired) electrons. The molecule has 0 saturated heterocycles. The highest BCUT2D eigenvalue weighted by Gasteiger charge is 2.11. The standard InChI is InChI=1S/C14H20F3N/c1-4-9(2)5-10(3)18-8-11-6-12(15)14(17)13(16)7-11/h6-7,9-10,18H,4-5,8H2,1-3H3. The van der Waals surface area contributed by atoms with Gasteiger partial charge in [0, 0.05) is 12.6 Å². The molecule has 0 aromatic heterocycles. The summed E-state index contributed by atoms with van der Waals surface area (Å²) >= 11 is 0. The van der Waals surface area contributed by atoms with Gasteiger partial charge in [0.15, 0.2) is 17.5 Å². The molecule has 1 rings (SSSR count). The fraction of sp³-hybridized carbons (Fsp3) is 0.571. The molecule has 0 spiro atoms. The summed E-state index contributed by atoms with van der Waals surface area (Å²) in [6.45, 7) is 6.66. The van der Waals surface area contributed by atoms with Gasteiger partial charge in [-0.05, 0) is 37.0 Å². The van der Waals surface area contributed by atoms with Gasteiger partial charge in [-0.15, -0.1) is 0 Å². The molecule has 0 heterocycles. The van der Waals surface area contributed by atoms with E-state index in [9.17, 15) is 13.2 Å². The first-order valence-electron chi connectivity index (χ1n) is 6.30. The van der Waals surface area contributed by atoms with Crippen molar-refractivity contribution in [2.24, 2.45) is 5.92 Å². The summed E-state index contributed by atoms with van der Waals surface area (Å²) in [5.74, 6) is -3.08. The Morgan fingerprint density at radius 2 is 1.67 bits per heavy atom. The molecule has 1 aromatic carbocycles. The van der Waals surface area contributed by atoms with Gasteiger partial charge in [0.25, 0.3) is 0 Å². The summed E-state index contributed by atoms with van der Waals surface area (Å²) in [6, 6.07) is 2.32.